The van der Waals surface area contributed by atoms with Crippen molar-refractivity contribution in [1.82, 2.24) is 0 Å². The van der Waals surface area contributed by atoms with E-state index in [9.17, 15) is 4.39 Å². The van der Waals surface area contributed by atoms with Crippen LogP contribution in [-0.2, 0) is 0 Å². The summed E-state index contributed by atoms with van der Waals surface area (Å²) in [6.45, 7) is 2.35. The number of hydrogen-bond acceptors (Lipinski definition) is 4. The molecule has 6 heteroatoms. The van der Waals surface area contributed by atoms with E-state index in [1.807, 2.05) is 6.92 Å². The predicted molar refractivity (Wildman–Crippen MR) is 63.2 cm³/mol. The zero-order valence-electron chi connectivity index (χ0n) is 9.94. The van der Waals surface area contributed by atoms with Gasteiger partial charge in [0.1, 0.15) is 0 Å². The molecule has 0 unspecified atom stereocenters. The molecule has 0 aromatic heterocycles. The summed E-state index contributed by atoms with van der Waals surface area (Å²) in [4.78, 5) is 0. The number of benzene rings is 1. The van der Waals surface area contributed by atoms with E-state index in [-0.39, 0.29) is 17.0 Å². The first-order valence-corrected chi connectivity index (χ1v) is 5.47. The topological polar surface area (TPSA) is 58.9 Å². The Morgan fingerprint density at radius 2 is 2.06 bits per heavy atom. The lowest BCUT2D eigenvalue weighted by molar-refractivity contribution is 0.274. The highest BCUT2D eigenvalue weighted by Gasteiger charge is 2.22. The zero-order chi connectivity index (χ0) is 12.8. The maximum absolute atomic E-state index is 13.9. The summed E-state index contributed by atoms with van der Waals surface area (Å²) in [5.74, 6) is -0.634. The van der Waals surface area contributed by atoms with Crippen LogP contribution in [0.1, 0.15) is 19.8 Å². The summed E-state index contributed by atoms with van der Waals surface area (Å²) in [5, 5.41) is 18.0. The Kier molecular flexibility index (Phi) is 5.25. The standard InChI is InChI=1S/C11H16BFO4/c1-3-4-7-17-11-9(16-2)6-5-8(10(11)13)12(14)15/h5-6,14-15H,3-4,7H2,1-2H3. The lowest BCUT2D eigenvalue weighted by atomic mass is 9.79. The second kappa shape index (κ2) is 6.47. The minimum Gasteiger partial charge on any atom is -0.493 e. The molecule has 0 spiro atoms. The maximum atomic E-state index is 13.9. The van der Waals surface area contributed by atoms with Crippen LogP contribution in [0.5, 0.6) is 11.5 Å². The number of rotatable bonds is 6. The van der Waals surface area contributed by atoms with E-state index < -0.39 is 12.9 Å². The lowest BCUT2D eigenvalue weighted by Gasteiger charge is -2.13. The minimum atomic E-state index is -1.87. The van der Waals surface area contributed by atoms with Crippen LogP contribution in [0, 0.1) is 5.82 Å². The second-order valence-electron chi connectivity index (χ2n) is 3.58. The number of methoxy groups -OCH3 is 1. The molecule has 0 aliphatic rings. The molecule has 1 rings (SSSR count). The molecule has 0 heterocycles. The molecule has 0 bridgehead atoms. The molecule has 0 atom stereocenters. The summed E-state index contributed by atoms with van der Waals surface area (Å²) >= 11 is 0. The Balaban J connectivity index is 3.00. The van der Waals surface area contributed by atoms with Crippen molar-refractivity contribution in [3.63, 3.8) is 0 Å². The Hall–Kier alpha value is -1.27. The fraction of sp³-hybridized carbons (Fsp3) is 0.455. The van der Waals surface area contributed by atoms with Crippen molar-refractivity contribution in [2.45, 2.75) is 19.8 Å². The Morgan fingerprint density at radius 1 is 1.35 bits per heavy atom. The summed E-state index contributed by atoms with van der Waals surface area (Å²) in [6.07, 6.45) is 1.71. The van der Waals surface area contributed by atoms with Gasteiger partial charge in [-0.05, 0) is 12.5 Å². The third-order valence-electron chi connectivity index (χ3n) is 2.33. The van der Waals surface area contributed by atoms with Gasteiger partial charge in [-0.3, -0.25) is 0 Å². The number of unbranched alkanes of at least 4 members (excludes halogenated alkanes) is 1. The SMILES string of the molecule is CCCCOc1c(OC)ccc(B(O)O)c1F. The van der Waals surface area contributed by atoms with Crippen molar-refractivity contribution in [3.05, 3.63) is 17.9 Å². The molecule has 0 aliphatic carbocycles. The van der Waals surface area contributed by atoms with E-state index in [1.54, 1.807) is 0 Å². The van der Waals surface area contributed by atoms with Gasteiger partial charge in [-0.2, -0.15) is 0 Å². The summed E-state index contributed by atoms with van der Waals surface area (Å²) in [7, 11) is -0.467. The van der Waals surface area contributed by atoms with Crippen LogP contribution in [0.2, 0.25) is 0 Å². The van der Waals surface area contributed by atoms with Crippen LogP contribution in [0.4, 0.5) is 4.39 Å². The molecule has 0 amide bonds. The monoisotopic (exact) mass is 242 g/mol. The van der Waals surface area contributed by atoms with Gasteiger partial charge in [0.05, 0.1) is 13.7 Å². The quantitative estimate of drug-likeness (QED) is 0.569. The van der Waals surface area contributed by atoms with Gasteiger partial charge >= 0.3 is 7.12 Å². The highest BCUT2D eigenvalue weighted by atomic mass is 19.1. The first kappa shape index (κ1) is 13.8. The van der Waals surface area contributed by atoms with Gasteiger partial charge in [-0.25, -0.2) is 4.39 Å². The second-order valence-corrected chi connectivity index (χ2v) is 3.58. The van der Waals surface area contributed by atoms with Crippen LogP contribution >= 0.6 is 0 Å². The fourth-order valence-corrected chi connectivity index (χ4v) is 1.37. The molecular weight excluding hydrogens is 226 g/mol. The van der Waals surface area contributed by atoms with Crippen LogP contribution in [-0.4, -0.2) is 30.9 Å². The zero-order valence-corrected chi connectivity index (χ0v) is 9.94. The molecule has 0 fully saturated rings. The number of halogens is 1. The molecule has 0 aliphatic heterocycles. The molecule has 1 aromatic carbocycles. The van der Waals surface area contributed by atoms with Gasteiger partial charge in [0.25, 0.3) is 0 Å². The van der Waals surface area contributed by atoms with Gasteiger partial charge in [-0.15, -0.1) is 0 Å². The van der Waals surface area contributed by atoms with Crippen LogP contribution < -0.4 is 14.9 Å². The van der Waals surface area contributed by atoms with E-state index in [1.165, 1.54) is 19.2 Å². The normalized spacial score (nSPS) is 10.2. The molecule has 17 heavy (non-hydrogen) atoms. The average molecular weight is 242 g/mol. The van der Waals surface area contributed by atoms with Gasteiger partial charge in [0.15, 0.2) is 17.3 Å². The van der Waals surface area contributed by atoms with Crippen LogP contribution in [0.3, 0.4) is 0 Å². The smallest absolute Gasteiger partial charge is 0.491 e. The highest BCUT2D eigenvalue weighted by molar-refractivity contribution is 6.58. The average Bonchev–Trinajstić information content (AvgIpc) is 2.30. The van der Waals surface area contributed by atoms with Gasteiger partial charge < -0.3 is 19.5 Å². The molecule has 0 saturated carbocycles. The van der Waals surface area contributed by atoms with E-state index in [0.717, 1.165) is 12.8 Å². The van der Waals surface area contributed by atoms with Gasteiger partial charge in [-0.1, -0.05) is 19.4 Å². The predicted octanol–water partition coefficient (Wildman–Crippen LogP) is 0.693. The Morgan fingerprint density at radius 3 is 2.59 bits per heavy atom. The van der Waals surface area contributed by atoms with Crippen molar-refractivity contribution in [2.24, 2.45) is 0 Å². The Bertz CT molecular complexity index is 371. The number of hydrogen-bond donors (Lipinski definition) is 2. The lowest BCUT2D eigenvalue weighted by Crippen LogP contribution is -2.33. The summed E-state index contributed by atoms with van der Waals surface area (Å²) in [5.41, 5.74) is -0.225. The summed E-state index contributed by atoms with van der Waals surface area (Å²) < 4.78 is 24.1. The van der Waals surface area contributed by atoms with Crippen molar-refractivity contribution in [2.75, 3.05) is 13.7 Å². The molecule has 0 radical (unpaired) electrons. The third-order valence-corrected chi connectivity index (χ3v) is 2.33. The summed E-state index contributed by atoms with van der Waals surface area (Å²) in [6, 6.07) is 2.70. The minimum absolute atomic E-state index is 0.0773. The Labute approximate surface area is 100 Å². The van der Waals surface area contributed by atoms with E-state index in [0.29, 0.717) is 6.61 Å². The van der Waals surface area contributed by atoms with Crippen molar-refractivity contribution in [1.29, 1.82) is 0 Å². The molecule has 4 nitrogen and oxygen atoms in total. The molecular formula is C11H16BFO4. The van der Waals surface area contributed by atoms with E-state index >= 15 is 0 Å². The van der Waals surface area contributed by atoms with Crippen molar-refractivity contribution >= 4 is 12.6 Å². The van der Waals surface area contributed by atoms with Crippen LogP contribution in [0.25, 0.3) is 0 Å². The van der Waals surface area contributed by atoms with Crippen LogP contribution in [0.15, 0.2) is 12.1 Å². The van der Waals surface area contributed by atoms with Crippen molar-refractivity contribution < 1.29 is 23.9 Å². The molecule has 94 valence electrons. The third kappa shape index (κ3) is 3.34. The van der Waals surface area contributed by atoms with Crippen molar-refractivity contribution in [3.8, 4) is 11.5 Å². The first-order valence-electron chi connectivity index (χ1n) is 5.47. The molecule has 1 aromatic rings. The molecule has 0 saturated heterocycles. The van der Waals surface area contributed by atoms with E-state index in [4.69, 9.17) is 19.5 Å². The fourth-order valence-electron chi connectivity index (χ4n) is 1.37. The maximum Gasteiger partial charge on any atom is 0.491 e. The highest BCUT2D eigenvalue weighted by Crippen LogP contribution is 2.29. The first-order chi connectivity index (χ1) is 8.11. The van der Waals surface area contributed by atoms with Gasteiger partial charge in [0, 0.05) is 5.46 Å². The van der Waals surface area contributed by atoms with E-state index in [2.05, 4.69) is 0 Å². The van der Waals surface area contributed by atoms with Gasteiger partial charge in [0.2, 0.25) is 0 Å². The number of ether oxygens (including phenoxy) is 2. The molecule has 2 N–H and O–H groups in total. The largest absolute Gasteiger partial charge is 0.493 e.